The molecule has 11 nitrogen and oxygen atoms in total. The fourth-order valence-corrected chi connectivity index (χ4v) is 7.60. The van der Waals surface area contributed by atoms with Crippen LogP contribution in [0.15, 0.2) is 73.1 Å². The van der Waals surface area contributed by atoms with Crippen LogP contribution in [0.4, 0.5) is 0 Å². The van der Waals surface area contributed by atoms with Crippen LogP contribution in [0.5, 0.6) is 0 Å². The molecule has 1 aliphatic carbocycles. The number of nitrogens with one attached hydrogen (secondary N) is 2. The first-order valence-electron chi connectivity index (χ1n) is 16.8. The summed E-state index contributed by atoms with van der Waals surface area (Å²) < 4.78 is 7.77. The van der Waals surface area contributed by atoms with Crippen LogP contribution in [0, 0.1) is 22.7 Å². The van der Waals surface area contributed by atoms with E-state index in [-0.39, 0.29) is 48.1 Å². The fourth-order valence-electron chi connectivity index (χ4n) is 7.60. The number of carbonyl (C=O) groups is 4. The first-order valence-corrected chi connectivity index (χ1v) is 16.8. The van der Waals surface area contributed by atoms with E-state index in [4.69, 9.17) is 4.74 Å². The van der Waals surface area contributed by atoms with E-state index in [1.165, 1.54) is 7.05 Å². The van der Waals surface area contributed by atoms with E-state index in [1.807, 2.05) is 65.6 Å². The van der Waals surface area contributed by atoms with Crippen molar-refractivity contribution in [3.63, 3.8) is 0 Å². The van der Waals surface area contributed by atoms with Crippen LogP contribution in [0.3, 0.4) is 0 Å². The van der Waals surface area contributed by atoms with E-state index < -0.39 is 23.5 Å². The van der Waals surface area contributed by atoms with Gasteiger partial charge in [0.2, 0.25) is 17.7 Å². The van der Waals surface area contributed by atoms with Crippen LogP contribution in [0.1, 0.15) is 55.1 Å². The van der Waals surface area contributed by atoms with E-state index in [0.717, 1.165) is 24.0 Å². The fraction of sp³-hybridized carbons (Fsp3) is 0.486. The molecule has 2 N–H and O–H groups in total. The molecule has 0 bridgehead atoms. The summed E-state index contributed by atoms with van der Waals surface area (Å²) in [6.07, 6.45) is 4.38. The number of carbonyl (C=O) groups excluding carboxylic acids is 4. The van der Waals surface area contributed by atoms with Crippen molar-refractivity contribution in [2.75, 3.05) is 33.2 Å². The molecule has 2 aliphatic heterocycles. The van der Waals surface area contributed by atoms with Crippen LogP contribution in [0.25, 0.3) is 0 Å². The number of benzene rings is 2. The molecule has 0 radical (unpaired) electrons. The second-order valence-electron chi connectivity index (χ2n) is 14.6. The highest BCUT2D eigenvalue weighted by molar-refractivity contribution is 5.95. The third-order valence-corrected chi connectivity index (χ3v) is 10.2. The van der Waals surface area contributed by atoms with Gasteiger partial charge in [-0.3, -0.25) is 23.9 Å². The van der Waals surface area contributed by atoms with Crippen molar-refractivity contribution >= 4 is 23.6 Å². The normalized spacial score (nSPS) is 20.8. The summed E-state index contributed by atoms with van der Waals surface area (Å²) >= 11 is 0. The molecule has 2 saturated heterocycles. The maximum absolute atomic E-state index is 14.1. The molecular formula is C37H46N6O5. The number of ether oxygens (including phenoxy) is 1. The first-order chi connectivity index (χ1) is 23.0. The van der Waals surface area contributed by atoms with Crippen molar-refractivity contribution in [1.29, 1.82) is 0 Å². The molecule has 11 heteroatoms. The first kappa shape index (κ1) is 33.4. The molecule has 3 aromatic rings. The zero-order chi connectivity index (χ0) is 34.1. The monoisotopic (exact) mass is 654 g/mol. The van der Waals surface area contributed by atoms with Gasteiger partial charge >= 0.3 is 0 Å². The molecule has 6 rings (SSSR count). The maximum atomic E-state index is 14.1. The summed E-state index contributed by atoms with van der Waals surface area (Å²) in [5.74, 6) is -1.40. The number of amides is 4. The van der Waals surface area contributed by atoms with E-state index in [0.29, 0.717) is 31.7 Å². The second-order valence-corrected chi connectivity index (χ2v) is 14.6. The Bertz CT molecular complexity index is 1630. The summed E-state index contributed by atoms with van der Waals surface area (Å²) in [4.78, 5) is 57.9. The molecule has 4 amide bonds. The van der Waals surface area contributed by atoms with Crippen LogP contribution < -0.4 is 10.6 Å². The maximum Gasteiger partial charge on any atom is 0.257 e. The van der Waals surface area contributed by atoms with Crippen LogP contribution in [-0.2, 0) is 32.3 Å². The van der Waals surface area contributed by atoms with Crippen molar-refractivity contribution in [2.45, 2.75) is 58.9 Å². The quantitative estimate of drug-likeness (QED) is 0.328. The Balaban J connectivity index is 1.17. The highest BCUT2D eigenvalue weighted by atomic mass is 16.5. The molecule has 3 atom stereocenters. The Kier molecular flexibility index (Phi) is 9.42. The van der Waals surface area contributed by atoms with E-state index >= 15 is 0 Å². The molecule has 1 spiro atoms. The second kappa shape index (κ2) is 13.5. The van der Waals surface area contributed by atoms with Gasteiger partial charge in [0, 0.05) is 50.8 Å². The molecule has 2 aromatic carbocycles. The highest BCUT2D eigenvalue weighted by Gasteiger charge is 2.60. The van der Waals surface area contributed by atoms with Gasteiger partial charge in [-0.05, 0) is 36.3 Å². The minimum absolute atomic E-state index is 0.000499. The van der Waals surface area contributed by atoms with Gasteiger partial charge in [-0.25, -0.2) is 0 Å². The summed E-state index contributed by atoms with van der Waals surface area (Å²) in [5.41, 5.74) is 2.02. The average molecular weight is 655 g/mol. The Hall–Kier alpha value is -4.51. The van der Waals surface area contributed by atoms with Gasteiger partial charge in [0.05, 0.1) is 36.9 Å². The number of likely N-dealkylation sites (tertiary alicyclic amines) is 2. The van der Waals surface area contributed by atoms with Gasteiger partial charge < -0.3 is 25.2 Å². The van der Waals surface area contributed by atoms with Gasteiger partial charge in [-0.2, -0.15) is 5.10 Å². The molecule has 0 unspecified atom stereocenters. The SMILES string of the molecule is CNC(=O)[C@@H](NC(=O)[C@H]1CN(C(=O)c2cnn(Cc3ccccc3)c2)CC12CN(C(=O)C1CC(C)(C)C1)C2)[C@@H](C)OCc1ccccc1. The Morgan fingerprint density at radius 2 is 1.56 bits per heavy atom. The van der Waals surface area contributed by atoms with E-state index in [9.17, 15) is 19.2 Å². The topological polar surface area (TPSA) is 126 Å². The van der Waals surface area contributed by atoms with Crippen LogP contribution >= 0.6 is 0 Å². The number of hydrogen-bond donors (Lipinski definition) is 2. The van der Waals surface area contributed by atoms with Gasteiger partial charge in [-0.15, -0.1) is 0 Å². The van der Waals surface area contributed by atoms with Crippen molar-refractivity contribution < 1.29 is 23.9 Å². The van der Waals surface area contributed by atoms with Gasteiger partial charge in [0.25, 0.3) is 5.91 Å². The van der Waals surface area contributed by atoms with E-state index in [1.54, 1.807) is 28.9 Å². The zero-order valence-corrected chi connectivity index (χ0v) is 28.2. The lowest BCUT2D eigenvalue weighted by Gasteiger charge is -2.53. The number of hydrogen-bond acceptors (Lipinski definition) is 6. The predicted octanol–water partition coefficient (Wildman–Crippen LogP) is 3.10. The lowest BCUT2D eigenvalue weighted by molar-refractivity contribution is -0.159. The third-order valence-electron chi connectivity index (χ3n) is 10.2. The molecule has 3 aliphatic rings. The standard InChI is InChI=1S/C37H46N6O5/c1-25(48-21-27-13-9-6-10-14-27)31(33(45)38-4)40-32(44)30-20-41(22-37(30)23-42(24-37)34(46)28-15-36(2,3)16-28)35(47)29-17-39-43(19-29)18-26-11-7-5-8-12-26/h5-14,17,19,25,28,30-31H,15-16,18,20-24H2,1-4H3,(H,38,45)(H,40,44)/t25-,30-,31+/m1/s1. The third kappa shape index (κ3) is 7.01. The average Bonchev–Trinajstić information content (AvgIpc) is 3.70. The Labute approximate surface area is 282 Å². The number of likely N-dealkylation sites (N-methyl/N-ethyl adjacent to an activating group) is 1. The van der Waals surface area contributed by atoms with Gasteiger partial charge in [0.1, 0.15) is 6.04 Å². The summed E-state index contributed by atoms with van der Waals surface area (Å²) in [6, 6.07) is 18.6. The minimum atomic E-state index is -0.945. The van der Waals surface area contributed by atoms with Crippen molar-refractivity contribution in [1.82, 2.24) is 30.2 Å². The van der Waals surface area contributed by atoms with E-state index in [2.05, 4.69) is 29.6 Å². The van der Waals surface area contributed by atoms with Crippen LogP contribution in [0.2, 0.25) is 0 Å². The van der Waals surface area contributed by atoms with Crippen molar-refractivity contribution in [2.24, 2.45) is 22.7 Å². The molecule has 48 heavy (non-hydrogen) atoms. The molecule has 254 valence electrons. The lowest BCUT2D eigenvalue weighted by Crippen LogP contribution is -2.66. The Morgan fingerprint density at radius 1 is 0.938 bits per heavy atom. The van der Waals surface area contributed by atoms with Crippen LogP contribution in [-0.4, -0.2) is 88.6 Å². The molecular weight excluding hydrogens is 608 g/mol. The highest BCUT2D eigenvalue weighted by Crippen LogP contribution is 2.49. The summed E-state index contributed by atoms with van der Waals surface area (Å²) in [5, 5.41) is 10.0. The smallest absolute Gasteiger partial charge is 0.257 e. The predicted molar refractivity (Wildman–Crippen MR) is 179 cm³/mol. The number of rotatable bonds is 11. The van der Waals surface area contributed by atoms with Crippen molar-refractivity contribution in [3.8, 4) is 0 Å². The Morgan fingerprint density at radius 3 is 2.19 bits per heavy atom. The zero-order valence-electron chi connectivity index (χ0n) is 28.2. The molecule has 3 fully saturated rings. The number of aromatic nitrogens is 2. The summed E-state index contributed by atoms with van der Waals surface area (Å²) in [6.45, 7) is 8.21. The molecule has 3 heterocycles. The molecule has 1 aromatic heterocycles. The minimum Gasteiger partial charge on any atom is -0.371 e. The largest absolute Gasteiger partial charge is 0.371 e. The van der Waals surface area contributed by atoms with Gasteiger partial charge in [0.15, 0.2) is 0 Å². The molecule has 1 saturated carbocycles. The number of nitrogens with zero attached hydrogens (tertiary/aromatic N) is 4. The lowest BCUT2D eigenvalue weighted by atomic mass is 9.63. The summed E-state index contributed by atoms with van der Waals surface area (Å²) in [7, 11) is 1.53. The van der Waals surface area contributed by atoms with Gasteiger partial charge in [-0.1, -0.05) is 74.5 Å². The van der Waals surface area contributed by atoms with Crippen molar-refractivity contribution in [3.05, 3.63) is 89.7 Å².